The Balaban J connectivity index is 4.12. The molecule has 1 radical (unpaired) electrons. The number of carbonyl (C=O) groups is 6. The molecule has 263 valence electrons. The van der Waals surface area contributed by atoms with Crippen LogP contribution >= 0.6 is 0 Å². The number of carbonyl (C=O) groups excluding carboxylic acids is 4. The molecule has 0 aromatic carbocycles. The molecule has 0 rings (SSSR count). The van der Waals surface area contributed by atoms with Crippen molar-refractivity contribution >= 4 is 41.9 Å². The molecule has 14 heteroatoms. The first kappa shape index (κ1) is 42.5. The number of carboxylic acid groups (broad SMARTS) is 3. The summed E-state index contributed by atoms with van der Waals surface area (Å²) in [6.07, 6.45) is 14.9. The summed E-state index contributed by atoms with van der Waals surface area (Å²) in [6.45, 7) is 0.332. The van der Waals surface area contributed by atoms with Gasteiger partial charge in [-0.1, -0.05) is 64.2 Å². The molecular weight excluding hydrogens is 600 g/mol. The molecule has 0 aromatic rings. The van der Waals surface area contributed by atoms with Crippen molar-refractivity contribution in [3.8, 4) is 0 Å². The zero-order valence-corrected chi connectivity index (χ0v) is 27.1. The molecule has 46 heavy (non-hydrogen) atoms. The summed E-state index contributed by atoms with van der Waals surface area (Å²) in [4.78, 5) is 80.6. The predicted molar refractivity (Wildman–Crippen MR) is 170 cm³/mol. The lowest BCUT2D eigenvalue weighted by Crippen LogP contribution is -2.44. The molecule has 0 saturated heterocycles. The maximum absolute atomic E-state index is 12.3. The SMILES string of the molecule is N[C@H]([C]=O)CCCCNC(=O)CC[C@H](NC(=O)CC[C@H](NC(=O)CCCCCCCCCCCCCCC(=O)O)C(=O)O)C(=O)O. The number of amides is 3. The minimum Gasteiger partial charge on any atom is -0.481 e. The number of aliphatic carboxylic acids is 3. The van der Waals surface area contributed by atoms with Crippen LogP contribution in [0.25, 0.3) is 0 Å². The van der Waals surface area contributed by atoms with E-state index < -0.39 is 53.8 Å². The number of hydrogen-bond acceptors (Lipinski definition) is 8. The van der Waals surface area contributed by atoms with E-state index in [4.69, 9.17) is 10.8 Å². The zero-order valence-electron chi connectivity index (χ0n) is 27.1. The van der Waals surface area contributed by atoms with Crippen molar-refractivity contribution < 1.29 is 48.9 Å². The second-order valence-corrected chi connectivity index (χ2v) is 11.7. The lowest BCUT2D eigenvalue weighted by molar-refractivity contribution is -0.143. The van der Waals surface area contributed by atoms with Crippen LogP contribution in [0.15, 0.2) is 0 Å². The monoisotopic (exact) mass is 655 g/mol. The fourth-order valence-corrected chi connectivity index (χ4v) is 4.79. The lowest BCUT2D eigenvalue weighted by Gasteiger charge is -2.17. The topological polar surface area (TPSA) is 242 Å². The number of carboxylic acids is 3. The van der Waals surface area contributed by atoms with Gasteiger partial charge in [-0.15, -0.1) is 0 Å². The van der Waals surface area contributed by atoms with Gasteiger partial charge in [0.05, 0.1) is 6.04 Å². The van der Waals surface area contributed by atoms with Crippen LogP contribution in [0.1, 0.15) is 135 Å². The third-order valence-corrected chi connectivity index (χ3v) is 7.55. The molecule has 0 aliphatic carbocycles. The van der Waals surface area contributed by atoms with Gasteiger partial charge >= 0.3 is 17.9 Å². The number of nitrogens with two attached hydrogens (primary N) is 1. The Morgan fingerprint density at radius 2 is 0.935 bits per heavy atom. The maximum atomic E-state index is 12.3. The Morgan fingerprint density at radius 1 is 0.522 bits per heavy atom. The van der Waals surface area contributed by atoms with Crippen molar-refractivity contribution in [2.75, 3.05) is 6.54 Å². The molecule has 0 unspecified atom stereocenters. The van der Waals surface area contributed by atoms with Crippen LogP contribution in [0.5, 0.6) is 0 Å². The van der Waals surface area contributed by atoms with Crippen LogP contribution in [-0.2, 0) is 33.6 Å². The first-order chi connectivity index (χ1) is 22.0. The molecule has 3 atom stereocenters. The van der Waals surface area contributed by atoms with E-state index in [2.05, 4.69) is 16.0 Å². The zero-order chi connectivity index (χ0) is 34.6. The van der Waals surface area contributed by atoms with Gasteiger partial charge in [-0.3, -0.25) is 24.0 Å². The standard InChI is InChI=1S/C32H55N4O10/c33-24(23-37)15-13-14-22-34-27(38)20-18-25(31(43)44)36-29(40)21-19-26(32(45)46)35-28(39)16-11-9-7-5-3-1-2-4-6-8-10-12-17-30(41)42/h24-26H,1-22,33H2,(H,34,38)(H,35,39)(H,36,40)(H,41,42)(H,43,44)(H,45,46)/t24-,25-,26-/m0/s1. The van der Waals surface area contributed by atoms with E-state index in [1.165, 1.54) is 0 Å². The third-order valence-electron chi connectivity index (χ3n) is 7.55. The van der Waals surface area contributed by atoms with Gasteiger partial charge in [0.2, 0.25) is 24.0 Å². The second-order valence-electron chi connectivity index (χ2n) is 11.7. The van der Waals surface area contributed by atoms with Gasteiger partial charge in [0.1, 0.15) is 12.1 Å². The van der Waals surface area contributed by atoms with Crippen molar-refractivity contribution in [2.24, 2.45) is 5.73 Å². The van der Waals surface area contributed by atoms with Gasteiger partial charge in [0.25, 0.3) is 0 Å². The highest BCUT2D eigenvalue weighted by atomic mass is 16.4. The molecule has 14 nitrogen and oxygen atoms in total. The Labute approximate surface area is 272 Å². The van der Waals surface area contributed by atoms with Crippen LogP contribution in [-0.4, -0.2) is 81.9 Å². The molecule has 0 saturated carbocycles. The Bertz CT molecular complexity index is 931. The molecule has 0 aliphatic heterocycles. The molecule has 0 aromatic heterocycles. The first-order valence-electron chi connectivity index (χ1n) is 16.6. The van der Waals surface area contributed by atoms with Gasteiger partial charge in [-0.05, 0) is 44.9 Å². The molecule has 3 amide bonds. The summed E-state index contributed by atoms with van der Waals surface area (Å²) in [6, 6.07) is -3.28. The van der Waals surface area contributed by atoms with Crippen molar-refractivity contribution in [1.82, 2.24) is 16.0 Å². The number of nitrogens with one attached hydrogen (secondary N) is 3. The van der Waals surface area contributed by atoms with E-state index in [1.807, 2.05) is 0 Å². The molecule has 8 N–H and O–H groups in total. The molecule has 0 bridgehead atoms. The summed E-state index contributed by atoms with van der Waals surface area (Å²) in [5, 5.41) is 34.9. The minimum absolute atomic E-state index is 0.147. The lowest BCUT2D eigenvalue weighted by atomic mass is 10.0. The number of hydrogen-bond donors (Lipinski definition) is 7. The highest BCUT2D eigenvalue weighted by Gasteiger charge is 2.24. The minimum atomic E-state index is -1.33. The Hall–Kier alpha value is -3.55. The summed E-state index contributed by atoms with van der Waals surface area (Å²) < 4.78 is 0. The largest absolute Gasteiger partial charge is 0.481 e. The van der Waals surface area contributed by atoms with E-state index in [-0.39, 0.29) is 38.5 Å². The van der Waals surface area contributed by atoms with Crippen molar-refractivity contribution in [1.29, 1.82) is 0 Å². The quantitative estimate of drug-likeness (QED) is 0.0535. The van der Waals surface area contributed by atoms with Crippen LogP contribution < -0.4 is 21.7 Å². The van der Waals surface area contributed by atoms with Crippen LogP contribution in [0.2, 0.25) is 0 Å². The molecule has 0 heterocycles. The van der Waals surface area contributed by atoms with Gasteiger partial charge in [0, 0.05) is 32.2 Å². The van der Waals surface area contributed by atoms with Gasteiger partial charge in [-0.25, -0.2) is 9.59 Å². The molecule has 0 aliphatic rings. The third kappa shape index (κ3) is 25.7. The van der Waals surface area contributed by atoms with Crippen molar-refractivity contribution in [3.63, 3.8) is 0 Å². The van der Waals surface area contributed by atoms with E-state index >= 15 is 0 Å². The van der Waals surface area contributed by atoms with Crippen molar-refractivity contribution in [3.05, 3.63) is 0 Å². The van der Waals surface area contributed by atoms with Crippen LogP contribution in [0, 0.1) is 0 Å². The van der Waals surface area contributed by atoms with Gasteiger partial charge in [-0.2, -0.15) is 0 Å². The molecular formula is C32H55N4O10. The maximum Gasteiger partial charge on any atom is 0.326 e. The highest BCUT2D eigenvalue weighted by molar-refractivity contribution is 5.86. The van der Waals surface area contributed by atoms with E-state index in [0.717, 1.165) is 70.6 Å². The van der Waals surface area contributed by atoms with E-state index in [9.17, 15) is 43.8 Å². The average molecular weight is 656 g/mol. The highest BCUT2D eigenvalue weighted by Crippen LogP contribution is 2.13. The Morgan fingerprint density at radius 3 is 1.37 bits per heavy atom. The van der Waals surface area contributed by atoms with Crippen LogP contribution in [0.3, 0.4) is 0 Å². The fraction of sp³-hybridized carbons (Fsp3) is 0.781. The van der Waals surface area contributed by atoms with Crippen molar-refractivity contribution in [2.45, 2.75) is 153 Å². The van der Waals surface area contributed by atoms with Gasteiger partial charge in [0.15, 0.2) is 0 Å². The summed E-state index contributed by atoms with van der Waals surface area (Å²) in [5.41, 5.74) is 5.44. The molecule has 0 fully saturated rings. The second kappa shape index (κ2) is 27.7. The Kier molecular flexibility index (Phi) is 25.6. The normalized spacial score (nSPS) is 12.8. The van der Waals surface area contributed by atoms with E-state index in [0.29, 0.717) is 32.2 Å². The van der Waals surface area contributed by atoms with Crippen LogP contribution in [0.4, 0.5) is 0 Å². The smallest absolute Gasteiger partial charge is 0.326 e. The summed E-state index contributed by atoms with van der Waals surface area (Å²) >= 11 is 0. The van der Waals surface area contributed by atoms with E-state index in [1.54, 1.807) is 6.29 Å². The number of rotatable bonds is 31. The average Bonchev–Trinajstić information content (AvgIpc) is 3.00. The summed E-state index contributed by atoms with van der Waals surface area (Å²) in [7, 11) is 0. The van der Waals surface area contributed by atoms with Gasteiger partial charge < -0.3 is 37.0 Å². The summed E-state index contributed by atoms with van der Waals surface area (Å²) in [5.74, 6) is -4.88. The molecule has 0 spiro atoms. The number of unbranched alkanes of at least 4 members (excludes halogenated alkanes) is 12. The predicted octanol–water partition coefficient (Wildman–Crippen LogP) is 2.96. The first-order valence-corrected chi connectivity index (χ1v) is 16.6. The fourth-order valence-electron chi connectivity index (χ4n) is 4.79.